The van der Waals surface area contributed by atoms with E-state index in [1.807, 2.05) is 6.92 Å². The van der Waals surface area contributed by atoms with Gasteiger partial charge in [-0.25, -0.2) is 0 Å². The number of amides is 1. The van der Waals surface area contributed by atoms with Crippen molar-refractivity contribution in [1.82, 2.24) is 0 Å². The Balaban J connectivity index is 1.80. The molecule has 6 N–H and O–H groups in total. The lowest BCUT2D eigenvalue weighted by molar-refractivity contribution is -0.147. The van der Waals surface area contributed by atoms with E-state index in [9.17, 15) is 39.6 Å². The number of nitrogens with two attached hydrogens (primary N) is 1. The number of rotatable bonds is 8. The summed E-state index contributed by atoms with van der Waals surface area (Å²) in [5, 5.41) is 44.7. The zero-order valence-electron chi connectivity index (χ0n) is 22.2. The van der Waals surface area contributed by atoms with Crippen molar-refractivity contribution < 1.29 is 44.3 Å². The largest absolute Gasteiger partial charge is 0.508 e. The quantitative estimate of drug-likeness (QED) is 0.184. The van der Waals surface area contributed by atoms with Gasteiger partial charge in [0, 0.05) is 44.1 Å². The number of phenols is 1. The highest BCUT2D eigenvalue weighted by atomic mass is 16.5. The molecular weight excluding hydrogens is 508 g/mol. The molecule has 1 fully saturated rings. The van der Waals surface area contributed by atoms with E-state index in [1.165, 1.54) is 0 Å². The molecule has 0 aromatic heterocycles. The Morgan fingerprint density at radius 3 is 2.49 bits per heavy atom. The Labute approximate surface area is 225 Å². The minimum atomic E-state index is -2.62. The third kappa shape index (κ3) is 4.54. The maximum Gasteiger partial charge on any atom is 0.306 e. The van der Waals surface area contributed by atoms with E-state index in [0.29, 0.717) is 23.4 Å². The van der Waals surface area contributed by atoms with E-state index < -0.39 is 58.0 Å². The van der Waals surface area contributed by atoms with Crippen LogP contribution in [0.3, 0.4) is 0 Å². The molecule has 0 heterocycles. The molecule has 0 bridgehead atoms. The number of aromatic hydroxyl groups is 1. The van der Waals surface area contributed by atoms with Crippen molar-refractivity contribution in [2.24, 2.45) is 17.6 Å². The number of aliphatic hydroxyl groups excluding tert-OH is 2. The van der Waals surface area contributed by atoms with Gasteiger partial charge in [0.2, 0.25) is 5.78 Å². The number of aliphatic hydroxyl groups is 3. The number of hydrogen-bond donors (Lipinski definition) is 5. The van der Waals surface area contributed by atoms with Crippen LogP contribution in [0.2, 0.25) is 0 Å². The van der Waals surface area contributed by atoms with E-state index in [0.717, 1.165) is 12.8 Å². The molecule has 0 unspecified atom stereocenters. The van der Waals surface area contributed by atoms with Crippen LogP contribution in [-0.4, -0.2) is 70.2 Å². The Hall–Kier alpha value is -3.86. The summed E-state index contributed by atoms with van der Waals surface area (Å²) in [6, 6.07) is 1.73. The highest BCUT2D eigenvalue weighted by Crippen LogP contribution is 2.53. The first-order valence-corrected chi connectivity index (χ1v) is 13.0. The third-order valence-corrected chi connectivity index (χ3v) is 7.96. The van der Waals surface area contributed by atoms with E-state index in [-0.39, 0.29) is 49.0 Å². The van der Waals surface area contributed by atoms with Gasteiger partial charge >= 0.3 is 5.97 Å². The Bertz CT molecular complexity index is 1330. The number of ether oxygens (including phenoxy) is 1. The molecule has 0 aliphatic heterocycles. The fraction of sp³-hybridized carbons (Fsp3) is 0.500. The van der Waals surface area contributed by atoms with Crippen molar-refractivity contribution in [3.8, 4) is 5.75 Å². The minimum absolute atomic E-state index is 0.00248. The van der Waals surface area contributed by atoms with Gasteiger partial charge in [0.1, 0.15) is 22.8 Å². The SMILES string of the molecule is CCCCOC(=O)CCc1cc(N(C)C)c2c(c1O)C(O)=C1C(=O)[C@]3(O)C(O)=C(C(N)=O)C(=O)C[C@@H]3C[C@@H]1C2. The molecule has 0 radical (unpaired) electrons. The van der Waals surface area contributed by atoms with Crippen LogP contribution >= 0.6 is 0 Å². The fourth-order valence-electron chi connectivity index (χ4n) is 5.95. The van der Waals surface area contributed by atoms with Crippen molar-refractivity contribution in [2.45, 2.75) is 57.5 Å². The molecule has 1 aromatic rings. The van der Waals surface area contributed by atoms with Crippen LogP contribution in [0.25, 0.3) is 5.76 Å². The molecule has 3 aliphatic carbocycles. The van der Waals surface area contributed by atoms with Crippen LogP contribution in [0.1, 0.15) is 55.7 Å². The fourth-order valence-corrected chi connectivity index (χ4v) is 5.95. The van der Waals surface area contributed by atoms with E-state index in [1.54, 1.807) is 25.1 Å². The van der Waals surface area contributed by atoms with Gasteiger partial charge in [-0.1, -0.05) is 13.3 Å². The number of benzene rings is 1. The van der Waals surface area contributed by atoms with Gasteiger partial charge in [0.25, 0.3) is 5.91 Å². The lowest BCUT2D eigenvalue weighted by Crippen LogP contribution is -2.58. The number of primary amides is 1. The molecule has 3 atom stereocenters. The smallest absolute Gasteiger partial charge is 0.306 e. The second kappa shape index (κ2) is 10.4. The maximum absolute atomic E-state index is 13.7. The first-order chi connectivity index (χ1) is 18.3. The summed E-state index contributed by atoms with van der Waals surface area (Å²) >= 11 is 0. The molecule has 4 rings (SSSR count). The summed E-state index contributed by atoms with van der Waals surface area (Å²) in [5.41, 5.74) is 3.17. The molecule has 1 aromatic carbocycles. The van der Waals surface area contributed by atoms with Gasteiger partial charge in [-0.3, -0.25) is 19.2 Å². The zero-order chi connectivity index (χ0) is 28.8. The molecule has 1 saturated carbocycles. The molecule has 210 valence electrons. The van der Waals surface area contributed by atoms with Gasteiger partial charge in [-0.05, 0) is 48.8 Å². The standard InChI is InChI=1S/C28H34N2O9/c1-4-5-8-39-19(32)7-6-13-11-17(30(2)3)16-10-14-9-15-12-18(31)22(27(29)37)26(36)28(15,38)25(35)20(14)24(34)21(16)23(13)33/h11,14-15,33-34,36,38H,4-10,12H2,1-3H3,(H2,29,37)/t14-,15+,28+/m1/s1. The number of esters is 1. The van der Waals surface area contributed by atoms with Crippen molar-refractivity contribution in [3.63, 3.8) is 0 Å². The molecule has 3 aliphatic rings. The van der Waals surface area contributed by atoms with Gasteiger partial charge < -0.3 is 35.8 Å². The number of fused-ring (bicyclic) bond motifs is 3. The van der Waals surface area contributed by atoms with E-state index >= 15 is 0 Å². The molecule has 39 heavy (non-hydrogen) atoms. The number of ketones is 2. The molecule has 0 saturated heterocycles. The predicted molar refractivity (Wildman–Crippen MR) is 140 cm³/mol. The van der Waals surface area contributed by atoms with Crippen LogP contribution in [-0.2, 0) is 36.8 Å². The normalized spacial score (nSPS) is 24.2. The Morgan fingerprint density at radius 1 is 1.18 bits per heavy atom. The van der Waals surface area contributed by atoms with Crippen molar-refractivity contribution in [1.29, 1.82) is 0 Å². The summed E-state index contributed by atoms with van der Waals surface area (Å²) in [6.07, 6.45) is 1.61. The van der Waals surface area contributed by atoms with Crippen molar-refractivity contribution in [2.75, 3.05) is 25.6 Å². The van der Waals surface area contributed by atoms with Gasteiger partial charge in [-0.2, -0.15) is 0 Å². The summed E-state index contributed by atoms with van der Waals surface area (Å²) < 4.78 is 5.20. The Kier molecular flexibility index (Phi) is 7.48. The molecule has 11 nitrogen and oxygen atoms in total. The topological polar surface area (TPSA) is 188 Å². The minimum Gasteiger partial charge on any atom is -0.508 e. The van der Waals surface area contributed by atoms with Crippen LogP contribution in [0.5, 0.6) is 5.75 Å². The molecule has 1 amide bonds. The summed E-state index contributed by atoms with van der Waals surface area (Å²) in [5.74, 6) is -7.13. The van der Waals surface area contributed by atoms with E-state index in [4.69, 9.17) is 10.5 Å². The van der Waals surface area contributed by atoms with Crippen LogP contribution in [0.15, 0.2) is 23.0 Å². The zero-order valence-corrected chi connectivity index (χ0v) is 22.2. The number of anilines is 1. The van der Waals surface area contributed by atoms with Crippen LogP contribution < -0.4 is 10.6 Å². The highest BCUT2D eigenvalue weighted by Gasteiger charge is 2.60. The average molecular weight is 543 g/mol. The first kappa shape index (κ1) is 28.2. The van der Waals surface area contributed by atoms with Gasteiger partial charge in [-0.15, -0.1) is 0 Å². The van der Waals surface area contributed by atoms with Gasteiger partial charge in [0.05, 0.1) is 12.2 Å². The highest BCUT2D eigenvalue weighted by molar-refractivity contribution is 6.22. The average Bonchev–Trinajstić information content (AvgIpc) is 2.85. The predicted octanol–water partition coefficient (Wildman–Crippen LogP) is 1.77. The van der Waals surface area contributed by atoms with Crippen molar-refractivity contribution in [3.05, 3.63) is 39.7 Å². The number of carbonyl (C=O) groups is 4. The number of carbonyl (C=O) groups excluding carboxylic acids is 4. The second-order valence-corrected chi connectivity index (χ2v) is 10.6. The Morgan fingerprint density at radius 2 is 1.87 bits per heavy atom. The monoisotopic (exact) mass is 542 g/mol. The second-order valence-electron chi connectivity index (χ2n) is 10.6. The molecular formula is C28H34N2O9. The van der Waals surface area contributed by atoms with Crippen LogP contribution in [0.4, 0.5) is 5.69 Å². The molecule has 0 spiro atoms. The summed E-state index contributed by atoms with van der Waals surface area (Å²) in [4.78, 5) is 52.0. The lowest BCUT2D eigenvalue weighted by atomic mass is 9.59. The molecule has 11 heteroatoms. The van der Waals surface area contributed by atoms with Crippen molar-refractivity contribution >= 4 is 34.9 Å². The number of nitrogens with zero attached hydrogens (tertiary/aromatic N) is 1. The first-order valence-electron chi connectivity index (χ1n) is 13.0. The lowest BCUT2D eigenvalue weighted by Gasteiger charge is -2.46. The van der Waals surface area contributed by atoms with Gasteiger partial charge in [0.15, 0.2) is 11.4 Å². The third-order valence-electron chi connectivity index (χ3n) is 7.96. The number of unbranched alkanes of at least 4 members (excludes halogenated alkanes) is 1. The maximum atomic E-state index is 13.7. The number of Topliss-reactive ketones (excluding diaryl/α,β-unsaturated/α-hetero) is 2. The number of hydrogen-bond acceptors (Lipinski definition) is 10. The summed E-state index contributed by atoms with van der Waals surface area (Å²) in [6.45, 7) is 2.28. The number of aryl methyl sites for hydroxylation is 1. The summed E-state index contributed by atoms with van der Waals surface area (Å²) in [7, 11) is 3.56. The van der Waals surface area contributed by atoms with Crippen LogP contribution in [0, 0.1) is 11.8 Å². The number of phenolic OH excluding ortho intramolecular Hbond substituents is 1. The van der Waals surface area contributed by atoms with E-state index in [2.05, 4.69) is 0 Å².